The van der Waals surface area contributed by atoms with Gasteiger partial charge in [0.15, 0.2) is 5.82 Å². The number of nitrogens with zero attached hydrogens (tertiary/aromatic N) is 4. The first kappa shape index (κ1) is 12.6. The van der Waals surface area contributed by atoms with Crippen LogP contribution in [0.25, 0.3) is 0 Å². The van der Waals surface area contributed by atoms with Crippen molar-refractivity contribution in [2.45, 2.75) is 25.8 Å². The zero-order valence-electron chi connectivity index (χ0n) is 11.1. The number of hydrogen-bond acceptors (Lipinski definition) is 5. The number of pyridine rings is 1. The maximum atomic E-state index is 11.3. The Labute approximate surface area is 115 Å². The number of anilines is 1. The fourth-order valence-corrected chi connectivity index (χ4v) is 2.40. The normalized spacial score (nSPS) is 13.2. The van der Waals surface area contributed by atoms with Crippen LogP contribution in [0.15, 0.2) is 12.4 Å². The lowest BCUT2D eigenvalue weighted by atomic mass is 10.1. The fraction of sp³-hybridized carbons (Fsp3) is 0.385. The van der Waals surface area contributed by atoms with Crippen LogP contribution in [0, 0.1) is 0 Å². The molecule has 0 aliphatic heterocycles. The van der Waals surface area contributed by atoms with E-state index in [0.717, 1.165) is 30.5 Å². The number of hydrogen-bond donors (Lipinski definition) is 2. The molecule has 3 rings (SSSR count). The van der Waals surface area contributed by atoms with Crippen molar-refractivity contribution in [3.8, 4) is 0 Å². The summed E-state index contributed by atoms with van der Waals surface area (Å²) in [4.78, 5) is 19.9. The number of carboxylic acid groups (broad SMARTS) is 1. The van der Waals surface area contributed by atoms with Crippen LogP contribution < -0.4 is 5.32 Å². The highest BCUT2D eigenvalue weighted by Gasteiger charge is 2.19. The highest BCUT2D eigenvalue weighted by Crippen LogP contribution is 2.25. The van der Waals surface area contributed by atoms with Gasteiger partial charge in [0.2, 0.25) is 0 Å². The van der Waals surface area contributed by atoms with E-state index < -0.39 is 5.97 Å². The molecule has 2 heterocycles. The van der Waals surface area contributed by atoms with Gasteiger partial charge < -0.3 is 10.4 Å². The van der Waals surface area contributed by atoms with Gasteiger partial charge in [-0.2, -0.15) is 5.10 Å². The predicted octanol–water partition coefficient (Wildman–Crippen LogP) is 1.01. The van der Waals surface area contributed by atoms with Crippen LogP contribution in [0.4, 0.5) is 5.82 Å². The molecule has 1 aliphatic carbocycles. The van der Waals surface area contributed by atoms with Crippen LogP contribution in [-0.4, -0.2) is 30.8 Å². The van der Waals surface area contributed by atoms with Crippen LogP contribution >= 0.6 is 0 Å². The number of aryl methyl sites for hydroxylation is 3. The third-order valence-corrected chi connectivity index (χ3v) is 3.34. The second-order valence-corrected chi connectivity index (χ2v) is 4.84. The molecule has 0 atom stereocenters. The molecule has 7 nitrogen and oxygen atoms in total. The summed E-state index contributed by atoms with van der Waals surface area (Å²) in [7, 11) is 1.78. The van der Waals surface area contributed by atoms with Gasteiger partial charge in [-0.1, -0.05) is 0 Å². The Morgan fingerprint density at radius 2 is 2.35 bits per heavy atom. The van der Waals surface area contributed by atoms with E-state index >= 15 is 0 Å². The Hall–Kier alpha value is -2.44. The van der Waals surface area contributed by atoms with E-state index in [0.29, 0.717) is 18.2 Å². The van der Waals surface area contributed by atoms with Crippen molar-refractivity contribution >= 4 is 11.8 Å². The van der Waals surface area contributed by atoms with Gasteiger partial charge in [-0.3, -0.25) is 4.68 Å². The van der Waals surface area contributed by atoms with Gasteiger partial charge in [-0.05, 0) is 30.9 Å². The first-order valence-electron chi connectivity index (χ1n) is 6.48. The second kappa shape index (κ2) is 4.92. The molecule has 0 aromatic carbocycles. The first-order valence-corrected chi connectivity index (χ1v) is 6.48. The molecule has 0 saturated heterocycles. The molecule has 20 heavy (non-hydrogen) atoms. The molecule has 104 valence electrons. The average Bonchev–Trinajstić information content (AvgIpc) is 3.03. The topological polar surface area (TPSA) is 92.9 Å². The zero-order chi connectivity index (χ0) is 14.1. The number of fused-ring (bicyclic) bond motifs is 1. The SMILES string of the molecule is Cn1cnc(CNc2nc3c(cc2C(=O)O)CCC3)n1. The quantitative estimate of drug-likeness (QED) is 0.863. The van der Waals surface area contributed by atoms with Gasteiger partial charge in [-0.15, -0.1) is 0 Å². The van der Waals surface area contributed by atoms with Gasteiger partial charge in [0.05, 0.1) is 6.54 Å². The molecular formula is C13H15N5O2. The lowest BCUT2D eigenvalue weighted by Gasteiger charge is -2.09. The lowest BCUT2D eigenvalue weighted by Crippen LogP contribution is -2.11. The minimum atomic E-state index is -0.969. The van der Waals surface area contributed by atoms with Gasteiger partial charge in [0.25, 0.3) is 0 Å². The summed E-state index contributed by atoms with van der Waals surface area (Å²) in [5, 5.41) is 16.4. The maximum Gasteiger partial charge on any atom is 0.339 e. The molecule has 0 saturated carbocycles. The molecule has 2 N–H and O–H groups in total. The summed E-state index contributed by atoms with van der Waals surface area (Å²) in [5.74, 6) is 0.0282. The van der Waals surface area contributed by atoms with E-state index in [1.807, 2.05) is 0 Å². The van der Waals surface area contributed by atoms with Crippen molar-refractivity contribution in [1.82, 2.24) is 19.7 Å². The van der Waals surface area contributed by atoms with Crippen molar-refractivity contribution in [3.63, 3.8) is 0 Å². The molecule has 2 aromatic rings. The largest absolute Gasteiger partial charge is 0.478 e. The van der Waals surface area contributed by atoms with E-state index in [-0.39, 0.29) is 5.56 Å². The van der Waals surface area contributed by atoms with Crippen molar-refractivity contribution in [1.29, 1.82) is 0 Å². The minimum absolute atomic E-state index is 0.210. The number of aromatic nitrogens is 4. The minimum Gasteiger partial charge on any atom is -0.478 e. The standard InChI is InChI=1S/C13H15N5O2/c1-18-7-15-11(17-18)6-14-12-9(13(19)20)5-8-3-2-4-10(8)16-12/h5,7H,2-4,6H2,1H3,(H,14,16)(H,19,20). The summed E-state index contributed by atoms with van der Waals surface area (Å²) >= 11 is 0. The molecule has 0 fully saturated rings. The van der Waals surface area contributed by atoms with E-state index in [9.17, 15) is 9.90 Å². The monoisotopic (exact) mass is 273 g/mol. The maximum absolute atomic E-state index is 11.3. The number of rotatable bonds is 4. The Kier molecular flexibility index (Phi) is 3.09. The Morgan fingerprint density at radius 1 is 1.50 bits per heavy atom. The molecule has 7 heteroatoms. The third-order valence-electron chi connectivity index (χ3n) is 3.34. The summed E-state index contributed by atoms with van der Waals surface area (Å²) in [6.07, 6.45) is 4.45. The summed E-state index contributed by atoms with van der Waals surface area (Å²) < 4.78 is 1.60. The molecule has 2 aromatic heterocycles. The molecule has 0 radical (unpaired) electrons. The Balaban J connectivity index is 1.86. The van der Waals surface area contributed by atoms with Crippen LogP contribution in [0.2, 0.25) is 0 Å². The van der Waals surface area contributed by atoms with E-state index in [4.69, 9.17) is 0 Å². The van der Waals surface area contributed by atoms with Crippen molar-refractivity contribution in [3.05, 3.63) is 35.0 Å². The van der Waals surface area contributed by atoms with Crippen LogP contribution in [-0.2, 0) is 26.4 Å². The smallest absolute Gasteiger partial charge is 0.339 e. The molecule has 0 amide bonds. The predicted molar refractivity (Wildman–Crippen MR) is 71.6 cm³/mol. The zero-order valence-corrected chi connectivity index (χ0v) is 11.1. The third kappa shape index (κ3) is 2.34. The Morgan fingerprint density at radius 3 is 3.05 bits per heavy atom. The number of aromatic carboxylic acids is 1. The number of carbonyl (C=O) groups is 1. The summed E-state index contributed by atoms with van der Waals surface area (Å²) in [5.41, 5.74) is 2.25. The van der Waals surface area contributed by atoms with Gasteiger partial charge >= 0.3 is 5.97 Å². The first-order chi connectivity index (χ1) is 9.63. The lowest BCUT2D eigenvalue weighted by molar-refractivity contribution is 0.0697. The van der Waals surface area contributed by atoms with Crippen LogP contribution in [0.3, 0.4) is 0 Å². The van der Waals surface area contributed by atoms with E-state index in [2.05, 4.69) is 20.4 Å². The molecular weight excluding hydrogens is 258 g/mol. The van der Waals surface area contributed by atoms with Crippen LogP contribution in [0.1, 0.15) is 33.9 Å². The van der Waals surface area contributed by atoms with Crippen LogP contribution in [0.5, 0.6) is 0 Å². The molecule has 0 spiro atoms. The van der Waals surface area contributed by atoms with E-state index in [1.54, 1.807) is 24.1 Å². The number of nitrogens with one attached hydrogen (secondary N) is 1. The van der Waals surface area contributed by atoms with Gasteiger partial charge in [-0.25, -0.2) is 14.8 Å². The summed E-state index contributed by atoms with van der Waals surface area (Å²) in [6.45, 7) is 0.354. The molecule has 1 aliphatic rings. The fourth-order valence-electron chi connectivity index (χ4n) is 2.40. The number of carboxylic acids is 1. The van der Waals surface area contributed by atoms with Crippen molar-refractivity contribution in [2.24, 2.45) is 7.05 Å². The van der Waals surface area contributed by atoms with Crippen molar-refractivity contribution in [2.75, 3.05) is 5.32 Å². The van der Waals surface area contributed by atoms with Crippen molar-refractivity contribution < 1.29 is 9.90 Å². The highest BCUT2D eigenvalue weighted by atomic mass is 16.4. The summed E-state index contributed by atoms with van der Waals surface area (Å²) in [6, 6.07) is 1.73. The Bertz CT molecular complexity index is 665. The van der Waals surface area contributed by atoms with E-state index in [1.165, 1.54) is 0 Å². The average molecular weight is 273 g/mol. The molecule has 0 unspecified atom stereocenters. The second-order valence-electron chi connectivity index (χ2n) is 4.84. The highest BCUT2D eigenvalue weighted by molar-refractivity contribution is 5.93. The molecule has 0 bridgehead atoms. The van der Waals surface area contributed by atoms with Gasteiger partial charge in [0, 0.05) is 12.7 Å². The van der Waals surface area contributed by atoms with Gasteiger partial charge in [0.1, 0.15) is 17.7 Å².